The Morgan fingerprint density at radius 1 is 1.11 bits per heavy atom. The minimum absolute atomic E-state index is 0.0604. The molecule has 0 unspecified atom stereocenters. The van der Waals surface area contributed by atoms with Crippen LogP contribution in [0.5, 0.6) is 0 Å². The van der Waals surface area contributed by atoms with Gasteiger partial charge in [0.25, 0.3) is 0 Å². The zero-order chi connectivity index (χ0) is 20.1. The van der Waals surface area contributed by atoms with Crippen LogP contribution in [0.2, 0.25) is 0 Å². The first-order chi connectivity index (χ1) is 13.3. The summed E-state index contributed by atoms with van der Waals surface area (Å²) in [4.78, 5) is 19.9. The molecule has 28 heavy (non-hydrogen) atoms. The van der Waals surface area contributed by atoms with Crippen LogP contribution in [0.3, 0.4) is 0 Å². The van der Waals surface area contributed by atoms with Crippen molar-refractivity contribution < 1.29 is 18.0 Å². The molecule has 8 heteroatoms. The minimum atomic E-state index is -4.33. The van der Waals surface area contributed by atoms with Gasteiger partial charge in [-0.15, -0.1) is 11.3 Å². The predicted octanol–water partition coefficient (Wildman–Crippen LogP) is 3.54. The normalized spacial score (nSPS) is 16.0. The number of hydrogen-bond acceptors (Lipinski definition) is 4. The molecular formula is C20H24F3N3OS. The van der Waals surface area contributed by atoms with Gasteiger partial charge in [0.05, 0.1) is 12.1 Å². The number of carbonyl (C=O) groups is 1. The Hall–Kier alpha value is -1.90. The topological polar surface area (TPSA) is 26.8 Å². The molecule has 2 heterocycles. The summed E-state index contributed by atoms with van der Waals surface area (Å²) in [6.45, 7) is 4.73. The zero-order valence-corrected chi connectivity index (χ0v) is 16.6. The van der Waals surface area contributed by atoms with Crippen molar-refractivity contribution in [2.75, 3.05) is 39.8 Å². The lowest BCUT2D eigenvalue weighted by Crippen LogP contribution is -2.50. The Labute approximate surface area is 167 Å². The van der Waals surface area contributed by atoms with Crippen molar-refractivity contribution in [1.29, 1.82) is 0 Å². The molecule has 1 aromatic carbocycles. The Kier molecular flexibility index (Phi) is 6.74. The van der Waals surface area contributed by atoms with Crippen LogP contribution in [0.4, 0.5) is 13.2 Å². The maximum Gasteiger partial charge on any atom is 0.416 e. The SMILES string of the molecule is CN(CC(=O)N1CCN(Cc2cccs2)CC1)Cc1ccc(C(F)(F)F)cc1. The van der Waals surface area contributed by atoms with Crippen molar-refractivity contribution in [3.8, 4) is 0 Å². The van der Waals surface area contributed by atoms with Gasteiger partial charge in [-0.2, -0.15) is 13.2 Å². The number of likely N-dealkylation sites (N-methyl/N-ethyl adjacent to an activating group) is 1. The molecule has 1 aliphatic heterocycles. The van der Waals surface area contributed by atoms with Crippen LogP contribution in [0, 0.1) is 0 Å². The molecule has 0 aliphatic carbocycles. The van der Waals surface area contributed by atoms with Crippen LogP contribution in [0.15, 0.2) is 41.8 Å². The van der Waals surface area contributed by atoms with E-state index in [1.807, 2.05) is 22.9 Å². The van der Waals surface area contributed by atoms with Crippen molar-refractivity contribution in [2.45, 2.75) is 19.3 Å². The first kappa shape index (κ1) is 20.8. The highest BCUT2D eigenvalue weighted by atomic mass is 32.1. The van der Waals surface area contributed by atoms with Crippen LogP contribution in [0.25, 0.3) is 0 Å². The summed E-state index contributed by atoms with van der Waals surface area (Å²) < 4.78 is 37.9. The van der Waals surface area contributed by atoms with Gasteiger partial charge in [0.2, 0.25) is 5.91 Å². The summed E-state index contributed by atoms with van der Waals surface area (Å²) in [6.07, 6.45) is -4.33. The molecule has 3 rings (SSSR count). The molecule has 152 valence electrons. The maximum absolute atomic E-state index is 12.6. The van der Waals surface area contributed by atoms with Crippen molar-refractivity contribution in [3.63, 3.8) is 0 Å². The number of benzene rings is 1. The van der Waals surface area contributed by atoms with E-state index in [1.165, 1.54) is 17.0 Å². The number of halogens is 3. The number of piperazine rings is 1. The monoisotopic (exact) mass is 411 g/mol. The smallest absolute Gasteiger partial charge is 0.339 e. The molecule has 4 nitrogen and oxygen atoms in total. The summed E-state index contributed by atoms with van der Waals surface area (Å²) in [5, 5.41) is 2.07. The summed E-state index contributed by atoms with van der Waals surface area (Å²) in [7, 11) is 1.81. The molecule has 1 fully saturated rings. The van der Waals surface area contributed by atoms with Crippen LogP contribution in [-0.4, -0.2) is 60.4 Å². The highest BCUT2D eigenvalue weighted by Gasteiger charge is 2.30. The van der Waals surface area contributed by atoms with Gasteiger partial charge in [-0.25, -0.2) is 0 Å². The third-order valence-electron chi connectivity index (χ3n) is 4.82. The van der Waals surface area contributed by atoms with E-state index in [1.54, 1.807) is 11.3 Å². The Bertz CT molecular complexity index is 754. The Balaban J connectivity index is 1.43. The van der Waals surface area contributed by atoms with Gasteiger partial charge in [0, 0.05) is 44.1 Å². The van der Waals surface area contributed by atoms with Crippen molar-refractivity contribution in [3.05, 3.63) is 57.8 Å². The fourth-order valence-corrected chi connectivity index (χ4v) is 4.02. The highest BCUT2D eigenvalue weighted by molar-refractivity contribution is 7.09. The van der Waals surface area contributed by atoms with Crippen LogP contribution in [0.1, 0.15) is 16.0 Å². The number of hydrogen-bond donors (Lipinski definition) is 0. The molecule has 0 N–H and O–H groups in total. The molecule has 0 radical (unpaired) electrons. The molecule has 0 saturated carbocycles. The third-order valence-corrected chi connectivity index (χ3v) is 5.68. The summed E-state index contributed by atoms with van der Waals surface area (Å²) >= 11 is 1.74. The van der Waals surface area contributed by atoms with Crippen LogP contribution in [-0.2, 0) is 24.1 Å². The second-order valence-corrected chi connectivity index (χ2v) is 8.14. The van der Waals surface area contributed by atoms with E-state index in [9.17, 15) is 18.0 Å². The number of carbonyl (C=O) groups excluding carboxylic acids is 1. The van der Waals surface area contributed by atoms with E-state index in [0.29, 0.717) is 19.6 Å². The second-order valence-electron chi connectivity index (χ2n) is 7.10. The van der Waals surface area contributed by atoms with Gasteiger partial charge in [0.15, 0.2) is 0 Å². The van der Waals surface area contributed by atoms with Crippen LogP contribution >= 0.6 is 11.3 Å². The fraction of sp³-hybridized carbons (Fsp3) is 0.450. The van der Waals surface area contributed by atoms with Crippen molar-refractivity contribution in [1.82, 2.24) is 14.7 Å². The summed E-state index contributed by atoms with van der Waals surface area (Å²) in [5.41, 5.74) is 0.0967. The highest BCUT2D eigenvalue weighted by Crippen LogP contribution is 2.29. The standard InChI is InChI=1S/C20H24F3N3OS/c1-24(13-16-4-6-17(7-5-16)20(21,22)23)15-19(27)26-10-8-25(9-11-26)14-18-3-2-12-28-18/h2-7,12H,8-11,13-15H2,1H3. The first-order valence-electron chi connectivity index (χ1n) is 9.18. The lowest BCUT2D eigenvalue weighted by Gasteiger charge is -2.35. The maximum atomic E-state index is 12.6. The molecule has 2 aromatic rings. The van der Waals surface area contributed by atoms with E-state index >= 15 is 0 Å². The average Bonchev–Trinajstić information content (AvgIpc) is 3.15. The van der Waals surface area contributed by atoms with E-state index in [-0.39, 0.29) is 12.5 Å². The summed E-state index contributed by atoms with van der Waals surface area (Å²) in [6, 6.07) is 9.26. The molecular weight excluding hydrogens is 387 g/mol. The number of rotatable bonds is 6. The molecule has 1 amide bonds. The Morgan fingerprint density at radius 2 is 1.79 bits per heavy atom. The van der Waals surface area contributed by atoms with Crippen molar-refractivity contribution >= 4 is 17.2 Å². The lowest BCUT2D eigenvalue weighted by atomic mass is 10.1. The fourth-order valence-electron chi connectivity index (χ4n) is 3.28. The molecule has 1 aromatic heterocycles. The first-order valence-corrected chi connectivity index (χ1v) is 10.1. The number of nitrogens with zero attached hydrogens (tertiary/aromatic N) is 3. The third kappa shape index (κ3) is 5.80. The molecule has 0 bridgehead atoms. The van der Waals surface area contributed by atoms with Crippen LogP contribution < -0.4 is 0 Å². The average molecular weight is 411 g/mol. The second kappa shape index (κ2) is 9.07. The Morgan fingerprint density at radius 3 is 2.36 bits per heavy atom. The molecule has 0 spiro atoms. The number of thiophene rings is 1. The quantitative estimate of drug-likeness (QED) is 0.728. The lowest BCUT2D eigenvalue weighted by molar-refractivity contribution is -0.137. The molecule has 1 aliphatic rings. The van der Waals surface area contributed by atoms with Gasteiger partial charge in [-0.05, 0) is 36.2 Å². The van der Waals surface area contributed by atoms with Gasteiger partial charge in [-0.3, -0.25) is 14.6 Å². The molecule has 0 atom stereocenters. The van der Waals surface area contributed by atoms with Crippen molar-refractivity contribution in [2.24, 2.45) is 0 Å². The number of alkyl halides is 3. The van der Waals surface area contributed by atoms with E-state index in [2.05, 4.69) is 16.3 Å². The van der Waals surface area contributed by atoms with Gasteiger partial charge in [0.1, 0.15) is 0 Å². The van der Waals surface area contributed by atoms with E-state index in [0.717, 1.165) is 37.3 Å². The number of amides is 1. The predicted molar refractivity (Wildman–Crippen MR) is 104 cm³/mol. The zero-order valence-electron chi connectivity index (χ0n) is 15.8. The van der Waals surface area contributed by atoms with Gasteiger partial charge < -0.3 is 4.90 Å². The minimum Gasteiger partial charge on any atom is -0.339 e. The largest absolute Gasteiger partial charge is 0.416 e. The van der Waals surface area contributed by atoms with Gasteiger partial charge in [-0.1, -0.05) is 18.2 Å². The van der Waals surface area contributed by atoms with Gasteiger partial charge >= 0.3 is 6.18 Å². The molecule has 1 saturated heterocycles. The van der Waals surface area contributed by atoms with E-state index < -0.39 is 11.7 Å². The van der Waals surface area contributed by atoms with E-state index in [4.69, 9.17) is 0 Å². The summed E-state index contributed by atoms with van der Waals surface area (Å²) in [5.74, 6) is 0.0604.